The largest absolute Gasteiger partial charge is 0.507 e. The number of para-hydroxylation sites is 3. The molecule has 2 N–H and O–H groups in total. The van der Waals surface area contributed by atoms with Gasteiger partial charge in [-0.3, -0.25) is 0 Å². The summed E-state index contributed by atoms with van der Waals surface area (Å²) in [6.07, 6.45) is 3.11. The van der Waals surface area contributed by atoms with Crippen molar-refractivity contribution >= 4 is 35.0 Å². The average Bonchev–Trinajstić information content (AvgIpc) is 3.04. The molecule has 4 rings (SSSR count). The number of phenolic OH excluding ortho intramolecular Hbond substituents is 2. The maximum absolute atomic E-state index is 9.93. The Morgan fingerprint density at radius 2 is 1.22 bits per heavy atom. The van der Waals surface area contributed by atoms with E-state index in [4.69, 9.17) is 4.42 Å². The Kier molecular flexibility index (Phi) is 4.41. The highest BCUT2D eigenvalue weighted by molar-refractivity contribution is 5.99. The SMILES string of the molecule is Oc1ccccc1C=Nc1oc2ccccc2c1N=Cc1ccccc1O. The summed E-state index contributed by atoms with van der Waals surface area (Å²) >= 11 is 0. The first-order valence-electron chi connectivity index (χ1n) is 8.38. The van der Waals surface area contributed by atoms with E-state index in [1.165, 1.54) is 6.21 Å². The van der Waals surface area contributed by atoms with E-state index < -0.39 is 0 Å². The normalized spacial score (nSPS) is 11.7. The van der Waals surface area contributed by atoms with E-state index in [2.05, 4.69) is 9.98 Å². The first-order valence-corrected chi connectivity index (χ1v) is 8.38. The van der Waals surface area contributed by atoms with E-state index >= 15 is 0 Å². The van der Waals surface area contributed by atoms with Crippen molar-refractivity contribution in [3.05, 3.63) is 83.9 Å². The Labute approximate surface area is 155 Å². The molecule has 0 aliphatic rings. The van der Waals surface area contributed by atoms with Gasteiger partial charge in [-0.15, -0.1) is 0 Å². The standard InChI is InChI=1S/C22H16N2O3/c25-18-10-4-1-7-15(18)13-23-21-17-9-3-6-12-20(17)27-22(21)24-14-16-8-2-5-11-19(16)26/h1-14,25-26H. The summed E-state index contributed by atoms with van der Waals surface area (Å²) in [7, 11) is 0. The summed E-state index contributed by atoms with van der Waals surface area (Å²) in [6, 6.07) is 21.4. The fraction of sp³-hybridized carbons (Fsp3) is 0. The summed E-state index contributed by atoms with van der Waals surface area (Å²) in [4.78, 5) is 8.89. The lowest BCUT2D eigenvalue weighted by atomic mass is 10.2. The van der Waals surface area contributed by atoms with E-state index in [-0.39, 0.29) is 11.5 Å². The van der Waals surface area contributed by atoms with Gasteiger partial charge in [0.25, 0.3) is 0 Å². The van der Waals surface area contributed by atoms with Crippen molar-refractivity contribution in [1.29, 1.82) is 0 Å². The number of aliphatic imine (C=N–C) groups is 2. The van der Waals surface area contributed by atoms with Crippen molar-refractivity contribution in [1.82, 2.24) is 0 Å². The van der Waals surface area contributed by atoms with Gasteiger partial charge in [0, 0.05) is 28.9 Å². The summed E-state index contributed by atoms with van der Waals surface area (Å²) in [5, 5.41) is 20.6. The smallest absolute Gasteiger partial charge is 0.246 e. The van der Waals surface area contributed by atoms with Gasteiger partial charge in [0.1, 0.15) is 22.8 Å². The number of fused-ring (bicyclic) bond motifs is 1. The molecule has 27 heavy (non-hydrogen) atoms. The van der Waals surface area contributed by atoms with Crippen LogP contribution in [-0.4, -0.2) is 22.6 Å². The molecule has 0 amide bonds. The van der Waals surface area contributed by atoms with Crippen LogP contribution in [0.5, 0.6) is 11.5 Å². The van der Waals surface area contributed by atoms with Gasteiger partial charge in [-0.1, -0.05) is 36.4 Å². The van der Waals surface area contributed by atoms with Gasteiger partial charge in [0.15, 0.2) is 0 Å². The molecule has 0 unspecified atom stereocenters. The third kappa shape index (κ3) is 3.43. The molecule has 0 aliphatic heterocycles. The van der Waals surface area contributed by atoms with Gasteiger partial charge >= 0.3 is 0 Å². The molecule has 0 atom stereocenters. The maximum Gasteiger partial charge on any atom is 0.246 e. The Morgan fingerprint density at radius 3 is 1.89 bits per heavy atom. The van der Waals surface area contributed by atoms with Crippen molar-refractivity contribution in [3.8, 4) is 11.5 Å². The molecule has 0 spiro atoms. The van der Waals surface area contributed by atoms with Crippen LogP contribution in [0.25, 0.3) is 11.0 Å². The first-order chi connectivity index (χ1) is 13.2. The lowest BCUT2D eigenvalue weighted by molar-refractivity contribution is 0.474. The van der Waals surface area contributed by atoms with E-state index in [0.29, 0.717) is 28.3 Å². The minimum absolute atomic E-state index is 0.136. The molecule has 1 heterocycles. The van der Waals surface area contributed by atoms with Crippen LogP contribution in [0, 0.1) is 0 Å². The highest BCUT2D eigenvalue weighted by Crippen LogP contribution is 2.39. The van der Waals surface area contributed by atoms with Crippen LogP contribution in [0.3, 0.4) is 0 Å². The van der Waals surface area contributed by atoms with Crippen molar-refractivity contribution < 1.29 is 14.6 Å². The molecule has 5 nitrogen and oxygen atoms in total. The van der Waals surface area contributed by atoms with Gasteiger partial charge in [-0.2, -0.15) is 0 Å². The third-order valence-electron chi connectivity index (χ3n) is 4.08. The summed E-state index contributed by atoms with van der Waals surface area (Å²) < 4.78 is 5.82. The van der Waals surface area contributed by atoms with Gasteiger partial charge in [-0.25, -0.2) is 9.98 Å². The topological polar surface area (TPSA) is 78.3 Å². The lowest BCUT2D eigenvalue weighted by Gasteiger charge is -1.98. The summed E-state index contributed by atoms with van der Waals surface area (Å²) in [5.74, 6) is 0.607. The zero-order chi connectivity index (χ0) is 18.6. The minimum atomic E-state index is 0.136. The van der Waals surface area contributed by atoms with Crippen molar-refractivity contribution in [3.63, 3.8) is 0 Å². The van der Waals surface area contributed by atoms with E-state index in [9.17, 15) is 10.2 Å². The fourth-order valence-electron chi connectivity index (χ4n) is 2.69. The van der Waals surface area contributed by atoms with Gasteiger partial charge < -0.3 is 14.6 Å². The Hall–Kier alpha value is -3.86. The molecular formula is C22H16N2O3. The zero-order valence-electron chi connectivity index (χ0n) is 14.3. The van der Waals surface area contributed by atoms with Crippen LogP contribution >= 0.6 is 0 Å². The predicted octanol–water partition coefficient (Wildman–Crippen LogP) is 5.35. The Balaban J connectivity index is 1.78. The number of phenols is 2. The third-order valence-corrected chi connectivity index (χ3v) is 4.08. The minimum Gasteiger partial charge on any atom is -0.507 e. The highest BCUT2D eigenvalue weighted by atomic mass is 16.3. The predicted molar refractivity (Wildman–Crippen MR) is 107 cm³/mol. The molecule has 0 radical (unpaired) electrons. The second kappa shape index (κ2) is 7.17. The average molecular weight is 356 g/mol. The van der Waals surface area contributed by atoms with E-state index in [1.807, 2.05) is 36.4 Å². The molecule has 0 saturated carbocycles. The zero-order valence-corrected chi connectivity index (χ0v) is 14.3. The fourth-order valence-corrected chi connectivity index (χ4v) is 2.69. The molecule has 1 aromatic heterocycles. The van der Waals surface area contributed by atoms with Crippen molar-refractivity contribution in [2.45, 2.75) is 0 Å². The van der Waals surface area contributed by atoms with Gasteiger partial charge in [-0.05, 0) is 36.4 Å². The summed E-state index contributed by atoms with van der Waals surface area (Å²) in [5.41, 5.74) is 2.39. The number of nitrogens with zero attached hydrogens (tertiary/aromatic N) is 2. The molecule has 5 heteroatoms. The second-order valence-electron chi connectivity index (χ2n) is 5.89. The number of aromatic hydroxyl groups is 2. The molecule has 0 aliphatic carbocycles. The van der Waals surface area contributed by atoms with Gasteiger partial charge in [0.05, 0.1) is 0 Å². The number of benzene rings is 3. The number of furan rings is 1. The van der Waals surface area contributed by atoms with Crippen LogP contribution in [0.4, 0.5) is 11.6 Å². The monoisotopic (exact) mass is 356 g/mol. The number of hydrogen-bond acceptors (Lipinski definition) is 5. The highest BCUT2D eigenvalue weighted by Gasteiger charge is 2.12. The molecule has 132 valence electrons. The Bertz CT molecular complexity index is 1160. The number of rotatable bonds is 4. The molecule has 0 bridgehead atoms. The quantitative estimate of drug-likeness (QED) is 0.484. The van der Waals surface area contributed by atoms with Crippen LogP contribution in [0.1, 0.15) is 11.1 Å². The Morgan fingerprint density at radius 1 is 0.667 bits per heavy atom. The van der Waals surface area contributed by atoms with Crippen LogP contribution < -0.4 is 0 Å². The molecule has 3 aromatic carbocycles. The lowest BCUT2D eigenvalue weighted by Crippen LogP contribution is -1.81. The van der Waals surface area contributed by atoms with Gasteiger partial charge in [0.2, 0.25) is 5.88 Å². The number of hydrogen-bond donors (Lipinski definition) is 2. The van der Waals surface area contributed by atoms with Crippen LogP contribution in [-0.2, 0) is 0 Å². The van der Waals surface area contributed by atoms with E-state index in [0.717, 1.165) is 5.39 Å². The molecule has 4 aromatic rings. The molecule has 0 fully saturated rings. The van der Waals surface area contributed by atoms with E-state index in [1.54, 1.807) is 42.6 Å². The molecular weight excluding hydrogens is 340 g/mol. The molecule has 0 saturated heterocycles. The van der Waals surface area contributed by atoms with Crippen molar-refractivity contribution in [2.75, 3.05) is 0 Å². The summed E-state index contributed by atoms with van der Waals surface area (Å²) in [6.45, 7) is 0. The maximum atomic E-state index is 9.93. The van der Waals surface area contributed by atoms with Crippen LogP contribution in [0.2, 0.25) is 0 Å². The second-order valence-corrected chi connectivity index (χ2v) is 5.89. The van der Waals surface area contributed by atoms with Crippen molar-refractivity contribution in [2.24, 2.45) is 9.98 Å². The first kappa shape index (κ1) is 16.6. The van der Waals surface area contributed by atoms with Crippen LogP contribution in [0.15, 0.2) is 87.2 Å².